The van der Waals surface area contributed by atoms with Gasteiger partial charge in [0.1, 0.15) is 10.4 Å². The molecular weight excluding hydrogens is 400 g/mol. The van der Waals surface area contributed by atoms with Crippen molar-refractivity contribution in [2.24, 2.45) is 0 Å². The molecule has 21 heavy (non-hydrogen) atoms. The molecule has 110 valence electrons. The third-order valence-electron chi connectivity index (χ3n) is 2.97. The molecule has 0 spiro atoms. The van der Waals surface area contributed by atoms with Crippen LogP contribution in [0.3, 0.4) is 0 Å². The van der Waals surface area contributed by atoms with Gasteiger partial charge in [-0.05, 0) is 46.3 Å². The number of halogens is 2. The number of amides is 1. The summed E-state index contributed by atoms with van der Waals surface area (Å²) in [6.45, 7) is 0.456. The zero-order chi connectivity index (χ0) is 15.4. The van der Waals surface area contributed by atoms with Gasteiger partial charge in [0.2, 0.25) is 0 Å². The summed E-state index contributed by atoms with van der Waals surface area (Å²) in [5, 5.41) is 0. The van der Waals surface area contributed by atoms with Gasteiger partial charge in [0, 0.05) is 29.8 Å². The molecule has 0 aliphatic rings. The lowest BCUT2D eigenvalue weighted by atomic mass is 10.1. The summed E-state index contributed by atoms with van der Waals surface area (Å²) in [7, 11) is 3.37. The number of carbonyl (C=O) groups excluding carboxylic acids is 1. The molecule has 0 atom stereocenters. The van der Waals surface area contributed by atoms with Crippen molar-refractivity contribution in [1.29, 1.82) is 0 Å². The summed E-state index contributed by atoms with van der Waals surface area (Å²) in [5.41, 5.74) is 1.49. The highest BCUT2D eigenvalue weighted by Crippen LogP contribution is 2.24. The van der Waals surface area contributed by atoms with Crippen molar-refractivity contribution < 1.29 is 9.53 Å². The second kappa shape index (κ2) is 7.04. The van der Waals surface area contributed by atoms with E-state index in [1.54, 1.807) is 37.4 Å². The number of ether oxygens (including phenoxy) is 1. The molecule has 0 fully saturated rings. The lowest BCUT2D eigenvalue weighted by molar-refractivity contribution is 0.0783. The summed E-state index contributed by atoms with van der Waals surface area (Å²) in [5.74, 6) is 0.670. The Kier molecular flexibility index (Phi) is 5.36. The average molecular weight is 414 g/mol. The minimum Gasteiger partial charge on any atom is -0.496 e. The molecule has 0 aliphatic heterocycles. The highest BCUT2D eigenvalue weighted by molar-refractivity contribution is 9.10. The van der Waals surface area contributed by atoms with Gasteiger partial charge in [-0.2, -0.15) is 0 Å². The Balaban J connectivity index is 2.17. The van der Waals surface area contributed by atoms with Gasteiger partial charge in [-0.25, -0.2) is 4.98 Å². The number of carbonyl (C=O) groups is 1. The van der Waals surface area contributed by atoms with Gasteiger partial charge in [0.05, 0.1) is 12.7 Å². The van der Waals surface area contributed by atoms with Gasteiger partial charge < -0.3 is 9.64 Å². The number of methoxy groups -OCH3 is 1. The van der Waals surface area contributed by atoms with Crippen molar-refractivity contribution in [3.63, 3.8) is 0 Å². The lowest BCUT2D eigenvalue weighted by Crippen LogP contribution is -2.26. The first-order valence-corrected chi connectivity index (χ1v) is 7.79. The quantitative estimate of drug-likeness (QED) is 0.714. The number of hydrogen-bond donors (Lipinski definition) is 0. The van der Waals surface area contributed by atoms with E-state index in [4.69, 9.17) is 4.74 Å². The topological polar surface area (TPSA) is 42.4 Å². The second-order valence-corrected chi connectivity index (χ2v) is 6.22. The Morgan fingerprint density at radius 2 is 2.05 bits per heavy atom. The number of pyridine rings is 1. The van der Waals surface area contributed by atoms with Gasteiger partial charge in [0.25, 0.3) is 5.91 Å². The molecule has 6 heteroatoms. The molecule has 0 saturated heterocycles. The van der Waals surface area contributed by atoms with Crippen molar-refractivity contribution in [3.8, 4) is 5.75 Å². The summed E-state index contributed by atoms with van der Waals surface area (Å²) in [4.78, 5) is 18.1. The first kappa shape index (κ1) is 16.0. The van der Waals surface area contributed by atoms with Crippen molar-refractivity contribution >= 4 is 37.8 Å². The molecule has 0 bridgehead atoms. The second-order valence-electron chi connectivity index (χ2n) is 4.49. The van der Waals surface area contributed by atoms with E-state index in [1.165, 1.54) is 0 Å². The lowest BCUT2D eigenvalue weighted by Gasteiger charge is -2.19. The van der Waals surface area contributed by atoms with Gasteiger partial charge in [-0.15, -0.1) is 0 Å². The Labute approximate surface area is 140 Å². The Bertz CT molecular complexity index is 645. The molecule has 1 aromatic heterocycles. The van der Waals surface area contributed by atoms with Gasteiger partial charge >= 0.3 is 0 Å². The van der Waals surface area contributed by atoms with Crippen LogP contribution in [0.25, 0.3) is 0 Å². The van der Waals surface area contributed by atoms with Crippen LogP contribution < -0.4 is 4.74 Å². The van der Waals surface area contributed by atoms with E-state index in [2.05, 4.69) is 36.8 Å². The van der Waals surface area contributed by atoms with E-state index >= 15 is 0 Å². The fourth-order valence-corrected chi connectivity index (χ4v) is 2.56. The SMILES string of the molecule is COc1ccc(Br)cc1CN(C)C(=O)c1ccc(Br)nc1. The fraction of sp³-hybridized carbons (Fsp3) is 0.200. The van der Waals surface area contributed by atoms with E-state index in [0.717, 1.165) is 15.8 Å². The summed E-state index contributed by atoms with van der Waals surface area (Å²) in [6, 6.07) is 9.22. The highest BCUT2D eigenvalue weighted by atomic mass is 79.9. The van der Waals surface area contributed by atoms with E-state index in [0.29, 0.717) is 16.7 Å². The standard InChI is InChI=1S/C15H14Br2N2O2/c1-19(15(20)10-3-6-14(17)18-8-10)9-11-7-12(16)4-5-13(11)21-2/h3-8H,9H2,1-2H3. The van der Waals surface area contributed by atoms with Crippen LogP contribution in [0.5, 0.6) is 5.75 Å². The first-order chi connectivity index (χ1) is 10.0. The monoisotopic (exact) mass is 412 g/mol. The molecule has 0 radical (unpaired) electrons. The number of hydrogen-bond acceptors (Lipinski definition) is 3. The highest BCUT2D eigenvalue weighted by Gasteiger charge is 2.14. The molecule has 4 nitrogen and oxygen atoms in total. The molecular formula is C15H14Br2N2O2. The molecule has 2 rings (SSSR count). The Morgan fingerprint density at radius 1 is 1.29 bits per heavy atom. The average Bonchev–Trinajstić information content (AvgIpc) is 2.47. The molecule has 1 aromatic carbocycles. The largest absolute Gasteiger partial charge is 0.496 e. The van der Waals surface area contributed by atoms with Crippen molar-refractivity contribution in [2.45, 2.75) is 6.54 Å². The molecule has 0 N–H and O–H groups in total. The zero-order valence-electron chi connectivity index (χ0n) is 11.6. The fourth-order valence-electron chi connectivity index (χ4n) is 1.92. The van der Waals surface area contributed by atoms with Crippen molar-refractivity contribution in [2.75, 3.05) is 14.2 Å². The van der Waals surface area contributed by atoms with E-state index in [-0.39, 0.29) is 5.91 Å². The van der Waals surface area contributed by atoms with Crippen LogP contribution in [0.2, 0.25) is 0 Å². The number of rotatable bonds is 4. The maximum Gasteiger partial charge on any atom is 0.255 e. The van der Waals surface area contributed by atoms with Crippen LogP contribution in [-0.4, -0.2) is 29.9 Å². The summed E-state index contributed by atoms with van der Waals surface area (Å²) < 4.78 is 6.98. The van der Waals surface area contributed by atoms with Crippen LogP contribution in [0.15, 0.2) is 45.6 Å². The predicted octanol–water partition coefficient (Wildman–Crippen LogP) is 3.89. The number of aromatic nitrogens is 1. The number of nitrogens with zero attached hydrogens (tertiary/aromatic N) is 2. The Hall–Kier alpha value is -1.40. The maximum absolute atomic E-state index is 12.4. The summed E-state index contributed by atoms with van der Waals surface area (Å²) in [6.07, 6.45) is 1.56. The smallest absolute Gasteiger partial charge is 0.255 e. The van der Waals surface area contributed by atoms with Crippen LogP contribution in [0.1, 0.15) is 15.9 Å². The maximum atomic E-state index is 12.4. The Morgan fingerprint density at radius 3 is 2.67 bits per heavy atom. The van der Waals surface area contributed by atoms with E-state index < -0.39 is 0 Å². The summed E-state index contributed by atoms with van der Waals surface area (Å²) >= 11 is 6.69. The molecule has 1 amide bonds. The van der Waals surface area contributed by atoms with E-state index in [9.17, 15) is 4.79 Å². The van der Waals surface area contributed by atoms with Crippen molar-refractivity contribution in [3.05, 3.63) is 56.7 Å². The third kappa shape index (κ3) is 4.04. The minimum absolute atomic E-state index is 0.0861. The van der Waals surface area contributed by atoms with Crippen LogP contribution in [-0.2, 0) is 6.54 Å². The normalized spacial score (nSPS) is 10.3. The molecule has 0 saturated carbocycles. The molecule has 1 heterocycles. The van der Waals surface area contributed by atoms with Crippen LogP contribution >= 0.6 is 31.9 Å². The minimum atomic E-state index is -0.0861. The predicted molar refractivity (Wildman–Crippen MR) is 88.4 cm³/mol. The van der Waals surface area contributed by atoms with Gasteiger partial charge in [0.15, 0.2) is 0 Å². The van der Waals surface area contributed by atoms with Gasteiger partial charge in [-0.1, -0.05) is 15.9 Å². The molecule has 2 aromatic rings. The zero-order valence-corrected chi connectivity index (χ0v) is 14.8. The molecule has 0 aliphatic carbocycles. The molecule has 0 unspecified atom stereocenters. The van der Waals surface area contributed by atoms with Gasteiger partial charge in [-0.3, -0.25) is 4.79 Å². The number of benzene rings is 1. The first-order valence-electron chi connectivity index (χ1n) is 6.20. The van der Waals surface area contributed by atoms with Crippen LogP contribution in [0, 0.1) is 0 Å². The van der Waals surface area contributed by atoms with E-state index in [1.807, 2.05) is 18.2 Å². The van der Waals surface area contributed by atoms with Crippen molar-refractivity contribution in [1.82, 2.24) is 9.88 Å². The third-order valence-corrected chi connectivity index (χ3v) is 3.93. The van der Waals surface area contributed by atoms with Crippen LogP contribution in [0.4, 0.5) is 0 Å².